The molecule has 0 bridgehead atoms. The van der Waals surface area contributed by atoms with Crippen LogP contribution in [-0.4, -0.2) is 53.2 Å². The Labute approximate surface area is 161 Å². The third-order valence-electron chi connectivity index (χ3n) is 5.05. The van der Waals surface area contributed by atoms with Gasteiger partial charge in [-0.15, -0.1) is 21.5 Å². The van der Waals surface area contributed by atoms with Gasteiger partial charge in [-0.3, -0.25) is 4.79 Å². The summed E-state index contributed by atoms with van der Waals surface area (Å²) in [6, 6.07) is 0. The number of thiazole rings is 1. The van der Waals surface area contributed by atoms with Crippen LogP contribution in [0.2, 0.25) is 0 Å². The van der Waals surface area contributed by atoms with E-state index in [9.17, 15) is 4.79 Å². The number of carbonyl (C=O) groups is 1. The second-order valence-corrected chi connectivity index (χ2v) is 8.21. The molecule has 0 N–H and O–H groups in total. The topological polar surface area (TPSA) is 81.7 Å². The van der Waals surface area contributed by atoms with Crippen LogP contribution in [-0.2, 0) is 13.6 Å². The monoisotopic (exact) mass is 385 g/mol. The molecule has 142 valence electrons. The van der Waals surface area contributed by atoms with Crippen molar-refractivity contribution < 1.29 is 4.79 Å². The van der Waals surface area contributed by atoms with Crippen LogP contribution in [0, 0.1) is 13.8 Å². The SMILES string of the molecule is Cc1nc(C)c(C(=O)N2CCC[C@H](c3nnc(Cn4ccnc4)n3C)C2)s1. The van der Waals surface area contributed by atoms with Gasteiger partial charge in [0.1, 0.15) is 10.7 Å². The van der Waals surface area contributed by atoms with Crippen molar-refractivity contribution in [1.29, 1.82) is 0 Å². The molecule has 1 aliphatic rings. The van der Waals surface area contributed by atoms with E-state index >= 15 is 0 Å². The predicted molar refractivity (Wildman–Crippen MR) is 102 cm³/mol. The fourth-order valence-electron chi connectivity index (χ4n) is 3.66. The first kappa shape index (κ1) is 17.8. The average Bonchev–Trinajstić information content (AvgIpc) is 3.37. The van der Waals surface area contributed by atoms with E-state index in [2.05, 4.69) is 24.7 Å². The fraction of sp³-hybridized carbons (Fsp3) is 0.500. The van der Waals surface area contributed by atoms with Crippen LogP contribution in [0.25, 0.3) is 0 Å². The molecule has 0 aliphatic carbocycles. The average molecular weight is 385 g/mol. The second-order valence-electron chi connectivity index (χ2n) is 7.01. The maximum atomic E-state index is 13.0. The number of rotatable bonds is 4. The van der Waals surface area contributed by atoms with Gasteiger partial charge in [-0.05, 0) is 26.7 Å². The summed E-state index contributed by atoms with van der Waals surface area (Å²) in [4.78, 5) is 24.1. The molecule has 8 nitrogen and oxygen atoms in total. The lowest BCUT2D eigenvalue weighted by atomic mass is 9.97. The summed E-state index contributed by atoms with van der Waals surface area (Å²) in [5.74, 6) is 2.12. The molecule has 1 aliphatic heterocycles. The zero-order valence-electron chi connectivity index (χ0n) is 15.8. The molecule has 3 aromatic rings. The molecule has 0 unspecified atom stereocenters. The summed E-state index contributed by atoms with van der Waals surface area (Å²) in [5.41, 5.74) is 0.825. The minimum Gasteiger partial charge on any atom is -0.337 e. The Bertz CT molecular complexity index is 943. The molecule has 3 aromatic heterocycles. The molecule has 0 aromatic carbocycles. The van der Waals surface area contributed by atoms with E-state index in [0.29, 0.717) is 13.1 Å². The van der Waals surface area contributed by atoms with E-state index in [-0.39, 0.29) is 11.8 Å². The van der Waals surface area contributed by atoms with Crippen LogP contribution in [0.4, 0.5) is 0 Å². The maximum absolute atomic E-state index is 13.0. The van der Waals surface area contributed by atoms with Gasteiger partial charge < -0.3 is 14.0 Å². The van der Waals surface area contributed by atoms with Gasteiger partial charge in [0, 0.05) is 38.4 Å². The standard InChI is InChI=1S/C18H23N7OS/c1-12-16(27-13(2)20-12)18(26)25-7-4-5-14(9-25)17-22-21-15(23(17)3)10-24-8-6-19-11-24/h6,8,11,14H,4-5,7,9-10H2,1-3H3/t14-/m0/s1. The van der Waals surface area contributed by atoms with Crippen LogP contribution in [0.5, 0.6) is 0 Å². The molecular formula is C18H23N7OS. The summed E-state index contributed by atoms with van der Waals surface area (Å²) < 4.78 is 4.03. The van der Waals surface area contributed by atoms with E-state index < -0.39 is 0 Å². The number of imidazole rings is 1. The summed E-state index contributed by atoms with van der Waals surface area (Å²) in [6.45, 7) is 5.94. The summed E-state index contributed by atoms with van der Waals surface area (Å²) in [5, 5.41) is 9.74. The second kappa shape index (κ2) is 7.22. The van der Waals surface area contributed by atoms with Crippen molar-refractivity contribution in [2.45, 2.75) is 39.2 Å². The highest BCUT2D eigenvalue weighted by molar-refractivity contribution is 7.13. The molecule has 0 saturated carbocycles. The van der Waals surface area contributed by atoms with Crippen LogP contribution < -0.4 is 0 Å². The Kier molecular flexibility index (Phi) is 4.77. The summed E-state index contributed by atoms with van der Waals surface area (Å²) >= 11 is 1.48. The molecule has 0 spiro atoms. The van der Waals surface area contributed by atoms with Crippen molar-refractivity contribution in [3.05, 3.63) is 45.9 Å². The Morgan fingerprint density at radius 3 is 2.89 bits per heavy atom. The number of hydrogen-bond acceptors (Lipinski definition) is 6. The maximum Gasteiger partial charge on any atom is 0.265 e. The molecule has 4 rings (SSSR count). The van der Waals surface area contributed by atoms with E-state index in [1.807, 2.05) is 36.6 Å². The number of likely N-dealkylation sites (tertiary alicyclic amines) is 1. The van der Waals surface area contributed by atoms with Crippen LogP contribution in [0.15, 0.2) is 18.7 Å². The highest BCUT2D eigenvalue weighted by Crippen LogP contribution is 2.28. The van der Waals surface area contributed by atoms with Gasteiger partial charge in [-0.2, -0.15) is 0 Å². The number of nitrogens with zero attached hydrogens (tertiary/aromatic N) is 7. The van der Waals surface area contributed by atoms with E-state index in [1.54, 1.807) is 12.5 Å². The quantitative estimate of drug-likeness (QED) is 0.687. The number of aromatic nitrogens is 6. The Morgan fingerprint density at radius 2 is 2.19 bits per heavy atom. The van der Waals surface area contributed by atoms with Crippen molar-refractivity contribution in [1.82, 2.24) is 34.2 Å². The van der Waals surface area contributed by atoms with Gasteiger partial charge in [0.2, 0.25) is 0 Å². The molecule has 4 heterocycles. The number of hydrogen-bond donors (Lipinski definition) is 0. The predicted octanol–water partition coefficient (Wildman–Crippen LogP) is 2.15. The van der Waals surface area contributed by atoms with Gasteiger partial charge in [0.25, 0.3) is 5.91 Å². The minimum absolute atomic E-state index is 0.0867. The lowest BCUT2D eigenvalue weighted by Gasteiger charge is -2.32. The van der Waals surface area contributed by atoms with E-state index in [4.69, 9.17) is 0 Å². The van der Waals surface area contributed by atoms with Crippen molar-refractivity contribution in [2.75, 3.05) is 13.1 Å². The van der Waals surface area contributed by atoms with Gasteiger partial charge in [0.15, 0.2) is 5.82 Å². The molecular weight excluding hydrogens is 362 g/mol. The number of amides is 1. The van der Waals surface area contributed by atoms with Crippen LogP contribution >= 0.6 is 11.3 Å². The van der Waals surface area contributed by atoms with Crippen molar-refractivity contribution >= 4 is 17.2 Å². The molecule has 1 amide bonds. The number of carbonyl (C=O) groups excluding carboxylic acids is 1. The molecule has 9 heteroatoms. The first-order chi connectivity index (χ1) is 13.0. The normalized spacial score (nSPS) is 17.4. The Morgan fingerprint density at radius 1 is 1.33 bits per heavy atom. The lowest BCUT2D eigenvalue weighted by Crippen LogP contribution is -2.39. The smallest absolute Gasteiger partial charge is 0.265 e. The largest absolute Gasteiger partial charge is 0.337 e. The number of aryl methyl sites for hydroxylation is 2. The molecule has 1 fully saturated rings. The molecule has 1 saturated heterocycles. The van der Waals surface area contributed by atoms with Crippen molar-refractivity contribution in [3.63, 3.8) is 0 Å². The number of piperidine rings is 1. The summed E-state index contributed by atoms with van der Waals surface area (Å²) in [6.07, 6.45) is 7.42. The van der Waals surface area contributed by atoms with Crippen molar-refractivity contribution in [2.24, 2.45) is 7.05 Å². The lowest BCUT2D eigenvalue weighted by molar-refractivity contribution is 0.0707. The molecule has 0 radical (unpaired) electrons. The molecule has 1 atom stereocenters. The zero-order valence-corrected chi connectivity index (χ0v) is 16.6. The van der Waals surface area contributed by atoms with Crippen LogP contribution in [0.1, 0.15) is 50.8 Å². The van der Waals surface area contributed by atoms with Gasteiger partial charge in [-0.25, -0.2) is 9.97 Å². The molecule has 27 heavy (non-hydrogen) atoms. The zero-order chi connectivity index (χ0) is 19.0. The van der Waals surface area contributed by atoms with Gasteiger partial charge in [-0.1, -0.05) is 0 Å². The third-order valence-corrected chi connectivity index (χ3v) is 6.11. The van der Waals surface area contributed by atoms with E-state index in [1.165, 1.54) is 11.3 Å². The van der Waals surface area contributed by atoms with Gasteiger partial charge >= 0.3 is 0 Å². The first-order valence-corrected chi connectivity index (χ1v) is 9.91. The van der Waals surface area contributed by atoms with Crippen LogP contribution in [0.3, 0.4) is 0 Å². The Hall–Kier alpha value is -2.55. The summed E-state index contributed by atoms with van der Waals surface area (Å²) in [7, 11) is 2.00. The first-order valence-electron chi connectivity index (χ1n) is 9.10. The minimum atomic E-state index is 0.0867. The fourth-order valence-corrected chi connectivity index (χ4v) is 4.55. The Balaban J connectivity index is 1.51. The van der Waals surface area contributed by atoms with E-state index in [0.717, 1.165) is 46.6 Å². The van der Waals surface area contributed by atoms with Crippen molar-refractivity contribution in [3.8, 4) is 0 Å². The highest BCUT2D eigenvalue weighted by Gasteiger charge is 2.30. The highest BCUT2D eigenvalue weighted by atomic mass is 32.1. The third kappa shape index (κ3) is 3.51. The van der Waals surface area contributed by atoms with Gasteiger partial charge in [0.05, 0.1) is 23.6 Å².